The molecule has 1 aromatic carbocycles. The fraction of sp³-hybridized carbons (Fsp3) is 0.125. The highest BCUT2D eigenvalue weighted by Crippen LogP contribution is 2.21. The summed E-state index contributed by atoms with van der Waals surface area (Å²) in [6.45, 7) is 1.93. The lowest BCUT2D eigenvalue weighted by atomic mass is 10.2. The molecular formula is C16H13N5O2. The van der Waals surface area contributed by atoms with Crippen LogP contribution in [0, 0.1) is 11.3 Å². The SMILES string of the molecule is CCOC(=O)Nc1c(C#N)cnn1-c1ccc2ccccc2n1. The minimum Gasteiger partial charge on any atom is -0.450 e. The molecule has 0 atom stereocenters. The summed E-state index contributed by atoms with van der Waals surface area (Å²) in [4.78, 5) is 16.2. The summed E-state index contributed by atoms with van der Waals surface area (Å²) >= 11 is 0. The first-order chi connectivity index (χ1) is 11.2. The molecule has 7 heteroatoms. The van der Waals surface area contributed by atoms with Crippen LogP contribution in [0.3, 0.4) is 0 Å². The van der Waals surface area contributed by atoms with Gasteiger partial charge in [-0.05, 0) is 25.1 Å². The normalized spacial score (nSPS) is 10.3. The highest BCUT2D eigenvalue weighted by atomic mass is 16.5. The number of carbonyl (C=O) groups excluding carboxylic acids is 1. The molecule has 7 nitrogen and oxygen atoms in total. The summed E-state index contributed by atoms with van der Waals surface area (Å²) in [5.41, 5.74) is 1.02. The number of nitriles is 1. The zero-order chi connectivity index (χ0) is 16.2. The van der Waals surface area contributed by atoms with Gasteiger partial charge < -0.3 is 4.74 Å². The second-order valence-corrected chi connectivity index (χ2v) is 4.64. The largest absolute Gasteiger partial charge is 0.450 e. The van der Waals surface area contributed by atoms with Crippen LogP contribution in [0.1, 0.15) is 12.5 Å². The molecule has 1 amide bonds. The van der Waals surface area contributed by atoms with E-state index in [4.69, 9.17) is 4.74 Å². The quantitative estimate of drug-likeness (QED) is 0.803. The van der Waals surface area contributed by atoms with Crippen molar-refractivity contribution in [3.63, 3.8) is 0 Å². The highest BCUT2D eigenvalue weighted by Gasteiger charge is 2.16. The maximum atomic E-state index is 11.7. The molecule has 2 heterocycles. The van der Waals surface area contributed by atoms with Gasteiger partial charge in [-0.15, -0.1) is 0 Å². The third-order valence-corrected chi connectivity index (χ3v) is 3.19. The Kier molecular flexibility index (Phi) is 3.89. The summed E-state index contributed by atoms with van der Waals surface area (Å²) in [5, 5.41) is 16.8. The van der Waals surface area contributed by atoms with Gasteiger partial charge in [0.15, 0.2) is 11.6 Å². The Labute approximate surface area is 132 Å². The third-order valence-electron chi connectivity index (χ3n) is 3.19. The van der Waals surface area contributed by atoms with Crippen molar-refractivity contribution in [2.45, 2.75) is 6.92 Å². The summed E-state index contributed by atoms with van der Waals surface area (Å²) < 4.78 is 6.26. The number of anilines is 1. The second kappa shape index (κ2) is 6.15. The van der Waals surface area contributed by atoms with Crippen LogP contribution in [0.2, 0.25) is 0 Å². The van der Waals surface area contributed by atoms with Gasteiger partial charge in [0.2, 0.25) is 0 Å². The van der Waals surface area contributed by atoms with E-state index >= 15 is 0 Å². The lowest BCUT2D eigenvalue weighted by molar-refractivity contribution is 0.167. The number of fused-ring (bicyclic) bond motifs is 1. The lowest BCUT2D eigenvalue weighted by Crippen LogP contribution is -2.17. The van der Waals surface area contributed by atoms with Gasteiger partial charge in [0, 0.05) is 5.39 Å². The number of aromatic nitrogens is 3. The summed E-state index contributed by atoms with van der Waals surface area (Å²) in [6, 6.07) is 13.3. The van der Waals surface area contributed by atoms with Gasteiger partial charge in [-0.1, -0.05) is 18.2 Å². The second-order valence-electron chi connectivity index (χ2n) is 4.64. The fourth-order valence-electron chi connectivity index (χ4n) is 2.16. The molecule has 3 aromatic rings. The van der Waals surface area contributed by atoms with Gasteiger partial charge in [0.05, 0.1) is 18.3 Å². The number of benzene rings is 1. The molecule has 0 saturated carbocycles. The van der Waals surface area contributed by atoms with E-state index in [1.807, 2.05) is 36.4 Å². The number of rotatable bonds is 3. The molecule has 0 spiro atoms. The Morgan fingerprint density at radius 2 is 2.17 bits per heavy atom. The van der Waals surface area contributed by atoms with Gasteiger partial charge in [-0.3, -0.25) is 5.32 Å². The van der Waals surface area contributed by atoms with Gasteiger partial charge in [-0.2, -0.15) is 15.0 Å². The third kappa shape index (κ3) is 2.82. The van der Waals surface area contributed by atoms with Gasteiger partial charge in [0.25, 0.3) is 0 Å². The predicted molar refractivity (Wildman–Crippen MR) is 84.2 cm³/mol. The first-order valence-corrected chi connectivity index (χ1v) is 7.01. The van der Waals surface area contributed by atoms with E-state index in [2.05, 4.69) is 15.4 Å². The van der Waals surface area contributed by atoms with Gasteiger partial charge in [-0.25, -0.2) is 9.78 Å². The number of pyridine rings is 1. The number of nitrogens with zero attached hydrogens (tertiary/aromatic N) is 4. The van der Waals surface area contributed by atoms with Crippen LogP contribution >= 0.6 is 0 Å². The molecule has 0 aliphatic carbocycles. The first-order valence-electron chi connectivity index (χ1n) is 7.01. The van der Waals surface area contributed by atoms with Crippen LogP contribution in [0.15, 0.2) is 42.6 Å². The minimum absolute atomic E-state index is 0.230. The van der Waals surface area contributed by atoms with E-state index in [1.165, 1.54) is 10.9 Å². The molecule has 2 aromatic heterocycles. The molecule has 0 unspecified atom stereocenters. The Bertz CT molecular complexity index is 910. The minimum atomic E-state index is -0.647. The Morgan fingerprint density at radius 1 is 1.35 bits per heavy atom. The van der Waals surface area contributed by atoms with E-state index in [1.54, 1.807) is 13.0 Å². The van der Waals surface area contributed by atoms with Crippen LogP contribution in [-0.4, -0.2) is 27.5 Å². The number of ether oxygens (including phenoxy) is 1. The predicted octanol–water partition coefficient (Wildman–Crippen LogP) is 2.86. The van der Waals surface area contributed by atoms with E-state index in [0.29, 0.717) is 5.82 Å². The smallest absolute Gasteiger partial charge is 0.412 e. The maximum Gasteiger partial charge on any atom is 0.412 e. The number of para-hydroxylation sites is 1. The van der Waals surface area contributed by atoms with Crippen LogP contribution in [0.4, 0.5) is 10.6 Å². The molecule has 1 N–H and O–H groups in total. The van der Waals surface area contributed by atoms with E-state index in [0.717, 1.165) is 10.9 Å². The van der Waals surface area contributed by atoms with Crippen LogP contribution in [-0.2, 0) is 4.74 Å². The maximum absolute atomic E-state index is 11.7. The van der Waals surface area contributed by atoms with Gasteiger partial charge in [0.1, 0.15) is 11.6 Å². The molecule has 0 bridgehead atoms. The zero-order valence-corrected chi connectivity index (χ0v) is 12.4. The summed E-state index contributed by atoms with van der Waals surface area (Å²) in [5.74, 6) is 0.728. The molecule has 0 radical (unpaired) electrons. The van der Waals surface area contributed by atoms with Crippen LogP contribution in [0.25, 0.3) is 16.7 Å². The summed E-state index contributed by atoms with van der Waals surface area (Å²) in [7, 11) is 0. The monoisotopic (exact) mass is 307 g/mol. The van der Waals surface area contributed by atoms with Crippen LogP contribution < -0.4 is 5.32 Å². The molecule has 0 saturated heterocycles. The number of nitrogens with one attached hydrogen (secondary N) is 1. The van der Waals surface area contributed by atoms with Crippen molar-refractivity contribution >= 4 is 22.8 Å². The van der Waals surface area contributed by atoms with Crippen molar-refractivity contribution in [1.29, 1.82) is 5.26 Å². The molecule has 0 aliphatic rings. The Hall–Kier alpha value is -3.40. The highest BCUT2D eigenvalue weighted by molar-refractivity contribution is 5.86. The molecule has 0 aliphatic heterocycles. The zero-order valence-electron chi connectivity index (χ0n) is 12.4. The number of carbonyl (C=O) groups is 1. The van der Waals surface area contributed by atoms with Crippen molar-refractivity contribution in [3.8, 4) is 11.9 Å². The lowest BCUT2D eigenvalue weighted by Gasteiger charge is -2.09. The van der Waals surface area contributed by atoms with Crippen molar-refractivity contribution in [1.82, 2.24) is 14.8 Å². The molecule has 3 rings (SSSR count). The number of hydrogen-bond donors (Lipinski definition) is 1. The van der Waals surface area contributed by atoms with Crippen molar-refractivity contribution < 1.29 is 9.53 Å². The summed E-state index contributed by atoms with van der Waals surface area (Å²) in [6.07, 6.45) is 0.727. The molecule has 114 valence electrons. The number of hydrogen-bond acceptors (Lipinski definition) is 5. The average Bonchev–Trinajstić information content (AvgIpc) is 2.97. The molecule has 23 heavy (non-hydrogen) atoms. The van der Waals surface area contributed by atoms with Crippen LogP contribution in [0.5, 0.6) is 0 Å². The topological polar surface area (TPSA) is 92.8 Å². The van der Waals surface area contributed by atoms with Crippen molar-refractivity contribution in [2.75, 3.05) is 11.9 Å². The molecular weight excluding hydrogens is 294 g/mol. The Balaban J connectivity index is 2.06. The molecule has 0 fully saturated rings. The van der Waals surface area contributed by atoms with Crippen molar-refractivity contribution in [3.05, 3.63) is 48.2 Å². The van der Waals surface area contributed by atoms with E-state index in [-0.39, 0.29) is 18.0 Å². The van der Waals surface area contributed by atoms with E-state index in [9.17, 15) is 10.1 Å². The Morgan fingerprint density at radius 3 is 2.96 bits per heavy atom. The number of amides is 1. The van der Waals surface area contributed by atoms with Gasteiger partial charge >= 0.3 is 6.09 Å². The van der Waals surface area contributed by atoms with Crippen molar-refractivity contribution in [2.24, 2.45) is 0 Å². The fourth-order valence-corrected chi connectivity index (χ4v) is 2.16. The first kappa shape index (κ1) is 14.5. The standard InChI is InChI=1S/C16H13N5O2/c1-2-23-16(22)20-15-12(9-17)10-18-21(15)14-8-7-11-5-3-4-6-13(11)19-14/h3-8,10H,2H2,1H3,(H,20,22). The average molecular weight is 307 g/mol. The van der Waals surface area contributed by atoms with E-state index < -0.39 is 6.09 Å².